The number of aryl methyl sites for hydroxylation is 2. The van der Waals surface area contributed by atoms with Crippen LogP contribution in [0.1, 0.15) is 27.0 Å². The van der Waals surface area contributed by atoms with Crippen molar-refractivity contribution in [3.8, 4) is 0 Å². The summed E-state index contributed by atoms with van der Waals surface area (Å²) in [6.45, 7) is 3.94. The average molecular weight is 265 g/mol. The molecule has 6 nitrogen and oxygen atoms in total. The number of nitrogens with two attached hydrogens (primary N) is 2. The maximum Gasteiger partial charge on any atom is 0.404 e. The van der Waals surface area contributed by atoms with Gasteiger partial charge in [-0.15, -0.1) is 0 Å². The highest BCUT2D eigenvalue weighted by molar-refractivity contribution is 5.93. The molecule has 0 aromatic heterocycles. The summed E-state index contributed by atoms with van der Waals surface area (Å²) in [4.78, 5) is 21.8. The van der Waals surface area contributed by atoms with Crippen molar-refractivity contribution in [2.75, 3.05) is 6.54 Å². The van der Waals surface area contributed by atoms with Crippen LogP contribution in [0.15, 0.2) is 12.1 Å². The Morgan fingerprint density at radius 1 is 1.32 bits per heavy atom. The molecule has 2 amide bonds. The predicted octanol–water partition coefficient (Wildman–Crippen LogP) is 0.540. The molecule has 0 saturated carbocycles. The first kappa shape index (κ1) is 15.0. The van der Waals surface area contributed by atoms with Gasteiger partial charge in [-0.25, -0.2) is 4.79 Å². The SMILES string of the molecule is Cc1cc(C(N)=O)cc(C)c1CC(CN)NC(=O)O. The minimum absolute atomic E-state index is 0.211. The molecule has 0 spiro atoms. The van der Waals surface area contributed by atoms with Crippen LogP contribution in [0.2, 0.25) is 0 Å². The first-order valence-corrected chi connectivity index (χ1v) is 5.94. The lowest BCUT2D eigenvalue weighted by molar-refractivity contribution is 0.1000. The minimum atomic E-state index is -1.10. The molecule has 0 fully saturated rings. The summed E-state index contributed by atoms with van der Waals surface area (Å²) in [5.74, 6) is -0.475. The zero-order valence-electron chi connectivity index (χ0n) is 11.1. The van der Waals surface area contributed by atoms with E-state index < -0.39 is 12.0 Å². The third-order valence-electron chi connectivity index (χ3n) is 3.04. The molecule has 0 aliphatic rings. The maximum absolute atomic E-state index is 11.2. The van der Waals surface area contributed by atoms with Gasteiger partial charge in [-0.1, -0.05) is 0 Å². The minimum Gasteiger partial charge on any atom is -0.465 e. The molecule has 0 bridgehead atoms. The van der Waals surface area contributed by atoms with Crippen LogP contribution in [0.25, 0.3) is 0 Å². The first-order chi connectivity index (χ1) is 8.85. The fraction of sp³-hybridized carbons (Fsp3) is 0.385. The van der Waals surface area contributed by atoms with Gasteiger partial charge in [0.1, 0.15) is 0 Å². The molecule has 0 heterocycles. The van der Waals surface area contributed by atoms with E-state index in [0.29, 0.717) is 12.0 Å². The second-order valence-corrected chi connectivity index (χ2v) is 4.54. The topological polar surface area (TPSA) is 118 Å². The number of hydrogen-bond donors (Lipinski definition) is 4. The standard InChI is InChI=1S/C13H19N3O3/c1-7-3-9(12(15)17)4-8(2)11(7)5-10(6-14)16-13(18)19/h3-4,10,16H,5-6,14H2,1-2H3,(H2,15,17)(H,18,19). The second kappa shape index (κ2) is 6.19. The van der Waals surface area contributed by atoms with Crippen molar-refractivity contribution in [2.24, 2.45) is 11.5 Å². The quantitative estimate of drug-likeness (QED) is 0.621. The largest absolute Gasteiger partial charge is 0.465 e. The van der Waals surface area contributed by atoms with Crippen molar-refractivity contribution >= 4 is 12.0 Å². The highest BCUT2D eigenvalue weighted by Gasteiger charge is 2.15. The predicted molar refractivity (Wildman–Crippen MR) is 72.1 cm³/mol. The lowest BCUT2D eigenvalue weighted by Crippen LogP contribution is -2.41. The van der Waals surface area contributed by atoms with Crippen LogP contribution in [0.3, 0.4) is 0 Å². The van der Waals surface area contributed by atoms with Crippen molar-refractivity contribution in [3.63, 3.8) is 0 Å². The Bertz CT molecular complexity index is 477. The fourth-order valence-corrected chi connectivity index (χ4v) is 2.07. The van der Waals surface area contributed by atoms with Gasteiger partial charge in [-0.3, -0.25) is 4.79 Å². The van der Waals surface area contributed by atoms with E-state index in [1.807, 2.05) is 13.8 Å². The van der Waals surface area contributed by atoms with Crippen molar-refractivity contribution < 1.29 is 14.7 Å². The van der Waals surface area contributed by atoms with Crippen LogP contribution < -0.4 is 16.8 Å². The molecule has 19 heavy (non-hydrogen) atoms. The number of rotatable bonds is 5. The van der Waals surface area contributed by atoms with Gasteiger partial charge in [0.25, 0.3) is 0 Å². The van der Waals surface area contributed by atoms with Crippen LogP contribution in [-0.4, -0.2) is 29.7 Å². The number of carbonyl (C=O) groups excluding carboxylic acids is 1. The molecular weight excluding hydrogens is 246 g/mol. The molecule has 1 unspecified atom stereocenters. The van der Waals surface area contributed by atoms with Crippen molar-refractivity contribution in [1.29, 1.82) is 0 Å². The van der Waals surface area contributed by atoms with Gasteiger partial charge in [0.05, 0.1) is 0 Å². The Balaban J connectivity index is 3.01. The molecule has 104 valence electrons. The number of hydrogen-bond acceptors (Lipinski definition) is 3. The summed E-state index contributed by atoms with van der Waals surface area (Å²) < 4.78 is 0. The molecule has 1 aromatic rings. The zero-order valence-corrected chi connectivity index (χ0v) is 11.1. The number of primary amides is 1. The van der Waals surface area contributed by atoms with Crippen LogP contribution in [0.4, 0.5) is 4.79 Å². The Labute approximate surface area is 111 Å². The van der Waals surface area contributed by atoms with Gasteiger partial charge in [0.2, 0.25) is 5.91 Å². The van der Waals surface area contributed by atoms with Gasteiger partial charge in [-0.05, 0) is 49.1 Å². The summed E-state index contributed by atoms with van der Waals surface area (Å²) in [5, 5.41) is 11.1. The molecule has 0 saturated heterocycles. The summed E-state index contributed by atoms with van der Waals surface area (Å²) in [6.07, 6.45) is -0.612. The number of carboxylic acid groups (broad SMARTS) is 1. The Morgan fingerprint density at radius 2 is 1.84 bits per heavy atom. The number of amides is 2. The molecule has 6 N–H and O–H groups in total. The molecular formula is C13H19N3O3. The van der Waals surface area contributed by atoms with E-state index >= 15 is 0 Å². The highest BCUT2D eigenvalue weighted by atomic mass is 16.4. The van der Waals surface area contributed by atoms with E-state index in [1.54, 1.807) is 12.1 Å². The lowest BCUT2D eigenvalue weighted by atomic mass is 9.94. The number of carbonyl (C=O) groups is 2. The molecule has 0 aliphatic heterocycles. The average Bonchev–Trinajstić information content (AvgIpc) is 2.31. The van der Waals surface area contributed by atoms with E-state index in [0.717, 1.165) is 16.7 Å². The van der Waals surface area contributed by atoms with E-state index in [1.165, 1.54) is 0 Å². The monoisotopic (exact) mass is 265 g/mol. The number of nitrogens with one attached hydrogen (secondary N) is 1. The summed E-state index contributed by atoms with van der Waals surface area (Å²) >= 11 is 0. The Kier molecular flexibility index (Phi) is 4.88. The molecule has 6 heteroatoms. The van der Waals surface area contributed by atoms with Crippen molar-refractivity contribution in [2.45, 2.75) is 26.3 Å². The van der Waals surface area contributed by atoms with E-state index in [9.17, 15) is 9.59 Å². The molecule has 0 aliphatic carbocycles. The van der Waals surface area contributed by atoms with Crippen LogP contribution >= 0.6 is 0 Å². The number of benzene rings is 1. The van der Waals surface area contributed by atoms with Gasteiger partial charge >= 0.3 is 6.09 Å². The third-order valence-corrected chi connectivity index (χ3v) is 3.04. The molecule has 1 atom stereocenters. The highest BCUT2D eigenvalue weighted by Crippen LogP contribution is 2.18. The van der Waals surface area contributed by atoms with Crippen LogP contribution in [0.5, 0.6) is 0 Å². The lowest BCUT2D eigenvalue weighted by Gasteiger charge is -2.18. The smallest absolute Gasteiger partial charge is 0.404 e. The maximum atomic E-state index is 11.2. The molecule has 0 radical (unpaired) electrons. The fourth-order valence-electron chi connectivity index (χ4n) is 2.07. The summed E-state index contributed by atoms with van der Waals surface area (Å²) in [7, 11) is 0. The van der Waals surface area contributed by atoms with Crippen molar-refractivity contribution in [1.82, 2.24) is 5.32 Å². The van der Waals surface area contributed by atoms with Gasteiger partial charge < -0.3 is 21.9 Å². The third kappa shape index (κ3) is 3.96. The van der Waals surface area contributed by atoms with E-state index in [2.05, 4.69) is 5.32 Å². The molecule has 1 rings (SSSR count). The summed E-state index contributed by atoms with van der Waals surface area (Å²) in [5.41, 5.74) is 14.0. The van der Waals surface area contributed by atoms with Crippen molar-refractivity contribution in [3.05, 3.63) is 34.4 Å². The second-order valence-electron chi connectivity index (χ2n) is 4.54. The van der Waals surface area contributed by atoms with E-state index in [4.69, 9.17) is 16.6 Å². The van der Waals surface area contributed by atoms with Gasteiger partial charge in [0.15, 0.2) is 0 Å². The van der Waals surface area contributed by atoms with E-state index in [-0.39, 0.29) is 12.6 Å². The van der Waals surface area contributed by atoms with Gasteiger partial charge in [0, 0.05) is 18.2 Å². The van der Waals surface area contributed by atoms with Gasteiger partial charge in [-0.2, -0.15) is 0 Å². The Hall–Kier alpha value is -2.08. The first-order valence-electron chi connectivity index (χ1n) is 5.94. The summed E-state index contributed by atoms with van der Waals surface area (Å²) in [6, 6.07) is 3.06. The van der Waals surface area contributed by atoms with Crippen LogP contribution in [-0.2, 0) is 6.42 Å². The molecule has 1 aromatic carbocycles. The zero-order chi connectivity index (χ0) is 14.6. The van der Waals surface area contributed by atoms with Crippen LogP contribution in [0, 0.1) is 13.8 Å². The Morgan fingerprint density at radius 3 is 2.21 bits per heavy atom. The normalized spacial score (nSPS) is 11.9.